The summed E-state index contributed by atoms with van der Waals surface area (Å²) >= 11 is 0. The van der Waals surface area contributed by atoms with Crippen LogP contribution in [-0.4, -0.2) is 48.2 Å². The Hall–Kier alpha value is -19.6. The molecule has 0 spiro atoms. The molecule has 0 radical (unpaired) electrons. The molecule has 0 N–H and O–H groups in total. The highest BCUT2D eigenvalue weighted by atomic mass is 16.3. The van der Waals surface area contributed by atoms with E-state index in [4.69, 9.17) is 38.7 Å². The van der Waals surface area contributed by atoms with E-state index in [-0.39, 0.29) is 0 Å². The molecule has 0 amide bonds. The quantitative estimate of drug-likeness (QED) is 0.118. The van der Waals surface area contributed by atoms with Gasteiger partial charge in [-0.3, -0.25) is 0 Å². The van der Waals surface area contributed by atoms with Crippen LogP contribution >= 0.6 is 0 Å². The van der Waals surface area contributed by atoms with Gasteiger partial charge >= 0.3 is 0 Å². The van der Waals surface area contributed by atoms with Crippen molar-refractivity contribution in [3.8, 4) is 113 Å². The van der Waals surface area contributed by atoms with E-state index in [9.17, 15) is 0 Å². The molecule has 8 aromatic heterocycles. The molecule has 0 atom stereocenters. The Bertz CT molecular complexity index is 11000. The monoisotopic (exact) mass is 1830 g/mol. The van der Waals surface area contributed by atoms with Crippen LogP contribution in [0.4, 0.5) is 0 Å². The van der Waals surface area contributed by atoms with Crippen molar-refractivity contribution >= 4 is 196 Å². The average molecular weight is 1830 g/mol. The van der Waals surface area contributed by atoms with Gasteiger partial charge < -0.3 is 27.1 Å². The van der Waals surface area contributed by atoms with Gasteiger partial charge in [0.1, 0.15) is 11.2 Å². The lowest BCUT2D eigenvalue weighted by Gasteiger charge is -2.14. The predicted octanol–water partition coefficient (Wildman–Crippen LogP) is 34.5. The summed E-state index contributed by atoms with van der Waals surface area (Å²) in [6.07, 6.45) is 0. The number of nitrogens with zero attached hydrogens (tertiary/aromatic N) is 10. The van der Waals surface area contributed by atoms with Gasteiger partial charge in [-0.1, -0.05) is 328 Å². The zero-order chi connectivity index (χ0) is 94.0. The molecule has 144 heavy (non-hydrogen) atoms. The van der Waals surface area contributed by atoms with Gasteiger partial charge in [0, 0.05) is 115 Å². The van der Waals surface area contributed by atoms with E-state index in [0.29, 0.717) is 40.5 Å². The minimum Gasteiger partial charge on any atom is -0.454 e. The number of para-hydroxylation sites is 4. The van der Waals surface area contributed by atoms with Crippen molar-refractivity contribution in [3.05, 3.63) is 461 Å². The van der Waals surface area contributed by atoms with Crippen molar-refractivity contribution in [2.24, 2.45) is 0 Å². The Morgan fingerprint density at radius 1 is 0.153 bits per heavy atom. The first kappa shape index (κ1) is 79.5. The Morgan fingerprint density at radius 3 is 1.17 bits per heavy atom. The molecular weight excluding hydrogens is 1760 g/mol. The molecule has 0 aliphatic carbocycles. The number of aromatic nitrogens is 10. The first-order valence-electron chi connectivity index (χ1n) is 48.8. The highest BCUT2D eigenvalue weighted by Crippen LogP contribution is 2.51. The highest BCUT2D eigenvalue weighted by Gasteiger charge is 2.31. The SMILES string of the molecule is c1ccc(-c2ccc(-c3nc(-c4ccc(-n5c6ccccc6c6cc7ccccc7cc65)c5oc6cc7ccccc7cc6c45)nc(-c4cccc5c4c4ccccc4n5-c4cccc(-c5ccc6ccc7c(c6c5)c5cc6ccccc6cc5n7-c5ccc(-c6nc(-c7cccc8ccccc78)nc(-c7cccc8c7c7ccccc7n8-c7ccccc7)n6)c6c5oc5c7ccccc7ccc56)c4)n3)cc2)cc1. The second kappa shape index (κ2) is 31.0. The maximum Gasteiger partial charge on any atom is 0.164 e. The topological polar surface area (TPSA) is 123 Å². The van der Waals surface area contributed by atoms with Crippen LogP contribution in [-0.2, 0) is 0 Å². The smallest absolute Gasteiger partial charge is 0.164 e. The number of hydrogen-bond acceptors (Lipinski definition) is 8. The maximum atomic E-state index is 7.72. The number of hydrogen-bond donors (Lipinski definition) is 0. The summed E-state index contributed by atoms with van der Waals surface area (Å²) in [5, 5.41) is 25.7. The van der Waals surface area contributed by atoms with E-state index in [0.717, 1.165) is 263 Å². The largest absolute Gasteiger partial charge is 0.454 e. The van der Waals surface area contributed by atoms with Crippen molar-refractivity contribution in [1.29, 1.82) is 0 Å². The fourth-order valence-corrected chi connectivity index (χ4v) is 23.5. The summed E-state index contributed by atoms with van der Waals surface area (Å²) in [5.74, 6) is 3.23. The summed E-state index contributed by atoms with van der Waals surface area (Å²) in [5.41, 5.74) is 24.7. The lowest BCUT2D eigenvalue weighted by atomic mass is 9.97. The van der Waals surface area contributed by atoms with Gasteiger partial charge in [0.2, 0.25) is 0 Å². The molecule has 0 aliphatic heterocycles. The highest BCUT2D eigenvalue weighted by molar-refractivity contribution is 6.28. The van der Waals surface area contributed by atoms with Gasteiger partial charge in [-0.05, 0) is 215 Å². The Kier molecular flexibility index (Phi) is 17.1. The molecule has 0 saturated heterocycles. The molecule has 12 nitrogen and oxygen atoms in total. The maximum absolute atomic E-state index is 7.72. The first-order chi connectivity index (χ1) is 71.4. The van der Waals surface area contributed by atoms with Crippen LogP contribution < -0.4 is 0 Å². The number of benzene rings is 23. The minimum absolute atomic E-state index is 0.516. The van der Waals surface area contributed by atoms with Crippen LogP contribution in [0.1, 0.15) is 0 Å². The Labute approximate surface area is 821 Å². The summed E-state index contributed by atoms with van der Waals surface area (Å²) in [4.78, 5) is 34.1. The molecule has 0 unspecified atom stereocenters. The fraction of sp³-hybridized carbons (Fsp3) is 0. The minimum atomic E-state index is 0.516. The molecule has 666 valence electrons. The lowest BCUT2D eigenvalue weighted by Crippen LogP contribution is -2.02. The van der Waals surface area contributed by atoms with E-state index in [1.54, 1.807) is 0 Å². The molecule has 0 fully saturated rings. The molecule has 12 heteroatoms. The summed E-state index contributed by atoms with van der Waals surface area (Å²) in [6.45, 7) is 0. The summed E-state index contributed by atoms with van der Waals surface area (Å²) in [6, 6.07) is 166. The molecule has 0 saturated carbocycles. The first-order valence-corrected chi connectivity index (χ1v) is 48.8. The van der Waals surface area contributed by atoms with Crippen LogP contribution in [0, 0.1) is 0 Å². The van der Waals surface area contributed by atoms with Crippen molar-refractivity contribution in [1.82, 2.24) is 48.2 Å². The second-order valence-corrected chi connectivity index (χ2v) is 37.8. The van der Waals surface area contributed by atoms with Crippen molar-refractivity contribution < 1.29 is 8.83 Å². The van der Waals surface area contributed by atoms with Crippen molar-refractivity contribution in [2.45, 2.75) is 0 Å². The number of furan rings is 2. The zero-order valence-corrected chi connectivity index (χ0v) is 77.2. The zero-order valence-electron chi connectivity index (χ0n) is 77.2. The average Bonchev–Trinajstić information content (AvgIpc) is 1.52. The van der Waals surface area contributed by atoms with Crippen LogP contribution in [0.15, 0.2) is 470 Å². The number of fused-ring (bicyclic) bond motifs is 26. The van der Waals surface area contributed by atoms with E-state index in [2.05, 4.69) is 479 Å². The Balaban J connectivity index is 0.580. The molecule has 23 aromatic carbocycles. The Morgan fingerprint density at radius 2 is 0.535 bits per heavy atom. The molecular formula is C132H76N10O2. The molecule has 8 heterocycles. The van der Waals surface area contributed by atoms with Gasteiger partial charge in [-0.2, -0.15) is 0 Å². The van der Waals surface area contributed by atoms with Crippen molar-refractivity contribution in [3.63, 3.8) is 0 Å². The molecule has 0 aliphatic rings. The van der Waals surface area contributed by atoms with E-state index in [1.807, 2.05) is 0 Å². The number of rotatable bonds is 12. The van der Waals surface area contributed by atoms with E-state index in [1.165, 1.54) is 5.39 Å². The van der Waals surface area contributed by atoms with Crippen LogP contribution in [0.2, 0.25) is 0 Å². The van der Waals surface area contributed by atoms with Gasteiger partial charge in [0.25, 0.3) is 0 Å². The van der Waals surface area contributed by atoms with Gasteiger partial charge in [-0.25, -0.2) is 29.9 Å². The lowest BCUT2D eigenvalue weighted by molar-refractivity contribution is 0.667. The van der Waals surface area contributed by atoms with E-state index < -0.39 is 0 Å². The van der Waals surface area contributed by atoms with Gasteiger partial charge in [0.05, 0.1) is 55.5 Å². The standard InChI is InChI=1S/C132H76N10O2/c1-3-27-77(28-4-1)78-55-58-82(59-56-78)127-133-129(137-131(134-127)103-65-67-114(125-123(103)107-73-86-33-9-12-36-89(86)76-118(107)143-125)141-108-50-20-17-44-95(108)105-71-84-31-7-10-34-87(84)74-116(105)141)100-48-26-54-112-120(100)98-46-19-22-52-110(98)140(112)92-41-23-38-83(69-92)90-60-57-81-62-66-113-121(104(81)70-90)106-72-85-32-8-11-35-88(85)75-117(106)142(113)115-68-64-102(122-99-63-61-80-30-14-16-43-94(80)124(99)144-126(115)122)132-136-128(96-47-24-37-79-29-13-15-42-93(79)96)135-130(138-132)101-49-25-53-111-119(101)97-45-18-21-51-109(97)139(111)91-39-5-2-6-40-91/h1-76H. The van der Waals surface area contributed by atoms with Crippen LogP contribution in [0.3, 0.4) is 0 Å². The van der Waals surface area contributed by atoms with Gasteiger partial charge in [-0.15, -0.1) is 0 Å². The molecule has 31 aromatic rings. The predicted molar refractivity (Wildman–Crippen MR) is 594 cm³/mol. The summed E-state index contributed by atoms with van der Waals surface area (Å²) < 4.78 is 24.7. The third-order valence-corrected chi connectivity index (χ3v) is 30.0. The third-order valence-electron chi connectivity index (χ3n) is 30.0. The second-order valence-electron chi connectivity index (χ2n) is 37.8. The van der Waals surface area contributed by atoms with Crippen molar-refractivity contribution in [2.75, 3.05) is 0 Å². The van der Waals surface area contributed by atoms with Gasteiger partial charge in [0.15, 0.2) is 46.1 Å². The fourth-order valence-electron chi connectivity index (χ4n) is 23.5. The van der Waals surface area contributed by atoms with E-state index >= 15 is 0 Å². The normalized spacial score (nSPS) is 12.2. The summed E-state index contributed by atoms with van der Waals surface area (Å²) in [7, 11) is 0. The van der Waals surface area contributed by atoms with Crippen LogP contribution in [0.25, 0.3) is 309 Å². The molecule has 0 bridgehead atoms. The molecule has 31 rings (SSSR count). The van der Waals surface area contributed by atoms with Crippen LogP contribution in [0.5, 0.6) is 0 Å². The third kappa shape index (κ3) is 12.0.